The Morgan fingerprint density at radius 3 is 2.61 bits per heavy atom. The van der Waals surface area contributed by atoms with Crippen LogP contribution in [0.1, 0.15) is 34.8 Å². The molecule has 1 aromatic carbocycles. The first-order chi connectivity index (χ1) is 14.7. The van der Waals surface area contributed by atoms with Gasteiger partial charge in [0.05, 0.1) is 29.1 Å². The highest BCUT2D eigenvalue weighted by atomic mass is 32.2. The van der Waals surface area contributed by atoms with Gasteiger partial charge in [0.1, 0.15) is 5.82 Å². The highest BCUT2D eigenvalue weighted by Gasteiger charge is 2.28. The van der Waals surface area contributed by atoms with Crippen molar-refractivity contribution in [1.29, 1.82) is 0 Å². The summed E-state index contributed by atoms with van der Waals surface area (Å²) in [4.78, 5) is 30.8. The maximum absolute atomic E-state index is 13.5. The molecule has 2 aromatic rings. The predicted octanol–water partition coefficient (Wildman–Crippen LogP) is 1.08. The summed E-state index contributed by atoms with van der Waals surface area (Å²) in [6.45, 7) is 1.04. The third-order valence-corrected chi connectivity index (χ3v) is 7.15. The number of aromatic nitrogens is 1. The normalized spacial score (nSPS) is 20.9. The van der Waals surface area contributed by atoms with Crippen LogP contribution in [0.2, 0.25) is 0 Å². The molecule has 2 amide bonds. The molecule has 164 valence electrons. The number of carbonyl (C=O) groups excluding carboxylic acids is 2. The number of benzene rings is 1. The molecule has 10 heteroatoms. The van der Waals surface area contributed by atoms with Gasteiger partial charge in [-0.15, -0.1) is 0 Å². The number of hydrogen-bond donors (Lipinski definition) is 2. The number of carbonyl (C=O) groups is 2. The fourth-order valence-electron chi connectivity index (χ4n) is 4.11. The summed E-state index contributed by atoms with van der Waals surface area (Å²) < 4.78 is 36.4. The lowest BCUT2D eigenvalue weighted by Gasteiger charge is -2.32. The highest BCUT2D eigenvalue weighted by molar-refractivity contribution is 7.94. The molecule has 31 heavy (non-hydrogen) atoms. The number of fused-ring (bicyclic) bond motifs is 1. The number of hydrogen-bond acceptors (Lipinski definition) is 6. The Kier molecular flexibility index (Phi) is 5.76. The van der Waals surface area contributed by atoms with Crippen molar-refractivity contribution in [3.05, 3.63) is 52.8 Å². The SMILES string of the molecule is NC(=O)c1cc2cc(F)ccc2nc1C1CCN(C(=O)CNC2C=CS(=O)(=O)C2)CC1. The van der Waals surface area contributed by atoms with Gasteiger partial charge >= 0.3 is 0 Å². The Balaban J connectivity index is 1.41. The molecule has 0 radical (unpaired) electrons. The minimum Gasteiger partial charge on any atom is -0.366 e. The van der Waals surface area contributed by atoms with E-state index in [1.165, 1.54) is 17.5 Å². The Morgan fingerprint density at radius 2 is 1.97 bits per heavy atom. The van der Waals surface area contributed by atoms with Gasteiger partial charge in [0.15, 0.2) is 9.84 Å². The molecule has 3 N–H and O–H groups in total. The second-order valence-corrected chi connectivity index (χ2v) is 9.85. The number of rotatable bonds is 5. The molecular weight excluding hydrogens is 423 g/mol. The Hall–Kier alpha value is -2.85. The molecule has 0 aliphatic carbocycles. The third kappa shape index (κ3) is 4.75. The molecule has 3 heterocycles. The van der Waals surface area contributed by atoms with Crippen molar-refractivity contribution in [2.24, 2.45) is 5.73 Å². The average Bonchev–Trinajstić information content (AvgIpc) is 3.09. The summed E-state index contributed by atoms with van der Waals surface area (Å²) in [5.74, 6) is -1.21. The summed E-state index contributed by atoms with van der Waals surface area (Å²) >= 11 is 0. The molecule has 0 bridgehead atoms. The number of sulfone groups is 1. The first kappa shape index (κ1) is 21.4. The Bertz CT molecular complexity index is 1170. The van der Waals surface area contributed by atoms with E-state index in [0.717, 1.165) is 0 Å². The van der Waals surface area contributed by atoms with Gasteiger partial charge in [-0.05, 0) is 37.1 Å². The van der Waals surface area contributed by atoms with Crippen molar-refractivity contribution in [2.75, 3.05) is 25.4 Å². The van der Waals surface area contributed by atoms with Crippen molar-refractivity contribution in [1.82, 2.24) is 15.2 Å². The Morgan fingerprint density at radius 1 is 1.23 bits per heavy atom. The summed E-state index contributed by atoms with van der Waals surface area (Å²) in [5, 5.41) is 4.65. The van der Waals surface area contributed by atoms with E-state index in [-0.39, 0.29) is 35.7 Å². The fourth-order valence-corrected chi connectivity index (χ4v) is 5.38. The summed E-state index contributed by atoms with van der Waals surface area (Å²) in [7, 11) is -3.17. The third-order valence-electron chi connectivity index (χ3n) is 5.75. The van der Waals surface area contributed by atoms with Crippen molar-refractivity contribution in [3.8, 4) is 0 Å². The molecule has 1 aromatic heterocycles. The van der Waals surface area contributed by atoms with Crippen LogP contribution in [-0.4, -0.2) is 61.5 Å². The first-order valence-corrected chi connectivity index (χ1v) is 11.8. The zero-order valence-electron chi connectivity index (χ0n) is 16.8. The largest absolute Gasteiger partial charge is 0.366 e. The second-order valence-electron chi connectivity index (χ2n) is 7.92. The average molecular weight is 447 g/mol. The minimum absolute atomic E-state index is 0.0320. The molecule has 1 unspecified atom stereocenters. The van der Waals surface area contributed by atoms with E-state index in [9.17, 15) is 22.4 Å². The van der Waals surface area contributed by atoms with E-state index < -0.39 is 21.6 Å². The molecule has 4 rings (SSSR count). The quantitative estimate of drug-likeness (QED) is 0.709. The molecule has 0 spiro atoms. The number of likely N-dealkylation sites (tertiary alicyclic amines) is 1. The van der Waals surface area contributed by atoms with Gasteiger partial charge in [-0.3, -0.25) is 14.6 Å². The number of halogens is 1. The van der Waals surface area contributed by atoms with E-state index in [1.807, 2.05) is 0 Å². The van der Waals surface area contributed by atoms with Crippen LogP contribution in [0.25, 0.3) is 10.9 Å². The number of primary amides is 1. The number of pyridine rings is 1. The monoisotopic (exact) mass is 446 g/mol. The fraction of sp³-hybridized carbons (Fsp3) is 0.381. The molecule has 8 nitrogen and oxygen atoms in total. The van der Waals surface area contributed by atoms with Crippen molar-refractivity contribution >= 4 is 32.6 Å². The van der Waals surface area contributed by atoms with Gasteiger partial charge in [-0.2, -0.15) is 0 Å². The van der Waals surface area contributed by atoms with Crippen molar-refractivity contribution in [2.45, 2.75) is 24.8 Å². The number of nitrogens with zero attached hydrogens (tertiary/aromatic N) is 2. The predicted molar refractivity (Wildman–Crippen MR) is 113 cm³/mol. The van der Waals surface area contributed by atoms with Crippen LogP contribution < -0.4 is 11.1 Å². The number of nitrogens with two attached hydrogens (primary N) is 1. The standard InChI is InChI=1S/C21H23FN4O4S/c22-15-1-2-18-14(9-15)10-17(21(23)28)20(25-18)13-3-6-26(7-4-13)19(27)11-24-16-5-8-31(29,30)12-16/h1-2,5,8-10,13,16,24H,3-4,6-7,11-12H2,(H2,23,28). The van der Waals surface area contributed by atoms with Gasteiger partial charge in [-0.1, -0.05) is 6.08 Å². The highest BCUT2D eigenvalue weighted by Crippen LogP contribution is 2.31. The topological polar surface area (TPSA) is 122 Å². The van der Waals surface area contributed by atoms with Crippen LogP contribution in [0.4, 0.5) is 4.39 Å². The van der Waals surface area contributed by atoms with Gasteiger partial charge in [0.25, 0.3) is 5.91 Å². The van der Waals surface area contributed by atoms with E-state index >= 15 is 0 Å². The molecule has 2 aliphatic heterocycles. The van der Waals surface area contributed by atoms with E-state index in [0.29, 0.717) is 42.5 Å². The molecule has 2 aliphatic rings. The molecule has 1 atom stereocenters. The van der Waals surface area contributed by atoms with Gasteiger partial charge in [0.2, 0.25) is 5.91 Å². The molecule has 1 saturated heterocycles. The van der Waals surface area contributed by atoms with E-state index in [4.69, 9.17) is 5.73 Å². The number of nitrogens with one attached hydrogen (secondary N) is 1. The zero-order chi connectivity index (χ0) is 22.2. The summed E-state index contributed by atoms with van der Waals surface area (Å²) in [6.07, 6.45) is 2.78. The molecular formula is C21H23FN4O4S. The van der Waals surface area contributed by atoms with E-state index in [2.05, 4.69) is 10.3 Å². The lowest BCUT2D eigenvalue weighted by molar-refractivity contribution is -0.131. The smallest absolute Gasteiger partial charge is 0.250 e. The second kappa shape index (κ2) is 8.35. The van der Waals surface area contributed by atoms with Crippen LogP contribution in [0.5, 0.6) is 0 Å². The lowest BCUT2D eigenvalue weighted by atomic mass is 9.89. The van der Waals surface area contributed by atoms with Crippen molar-refractivity contribution in [3.63, 3.8) is 0 Å². The molecule has 0 saturated carbocycles. The first-order valence-electron chi connectivity index (χ1n) is 10.0. The maximum Gasteiger partial charge on any atom is 0.250 e. The van der Waals surface area contributed by atoms with E-state index in [1.54, 1.807) is 23.1 Å². The van der Waals surface area contributed by atoms with Crippen LogP contribution in [0, 0.1) is 5.82 Å². The van der Waals surface area contributed by atoms with Gasteiger partial charge < -0.3 is 16.0 Å². The number of amides is 2. The Labute approximate surface area is 179 Å². The van der Waals surface area contributed by atoms with Gasteiger partial charge in [0, 0.05) is 35.8 Å². The van der Waals surface area contributed by atoms with Crippen LogP contribution >= 0.6 is 0 Å². The number of piperidine rings is 1. The molecule has 1 fully saturated rings. The summed E-state index contributed by atoms with van der Waals surface area (Å²) in [6, 6.07) is 5.44. The zero-order valence-corrected chi connectivity index (χ0v) is 17.6. The van der Waals surface area contributed by atoms with Gasteiger partial charge in [-0.25, -0.2) is 12.8 Å². The van der Waals surface area contributed by atoms with Crippen LogP contribution in [0.3, 0.4) is 0 Å². The van der Waals surface area contributed by atoms with Crippen molar-refractivity contribution < 1.29 is 22.4 Å². The van der Waals surface area contributed by atoms with Crippen LogP contribution in [0.15, 0.2) is 35.7 Å². The lowest BCUT2D eigenvalue weighted by Crippen LogP contribution is -2.45. The maximum atomic E-state index is 13.5. The van der Waals surface area contributed by atoms with Crippen LogP contribution in [-0.2, 0) is 14.6 Å². The summed E-state index contributed by atoms with van der Waals surface area (Å²) in [5.41, 5.74) is 7.00. The minimum atomic E-state index is -3.17.